The SMILES string of the molecule is COc1cnc(C(=O)c2ccc(F)c(C)c2)c(OC)n1. The molecule has 0 saturated carbocycles. The highest BCUT2D eigenvalue weighted by atomic mass is 19.1. The number of hydrogen-bond acceptors (Lipinski definition) is 5. The zero-order chi connectivity index (χ0) is 14.7. The molecule has 0 aliphatic carbocycles. The number of ketones is 1. The van der Waals surface area contributed by atoms with E-state index in [1.54, 1.807) is 6.92 Å². The number of aryl methyl sites for hydroxylation is 1. The van der Waals surface area contributed by atoms with Gasteiger partial charge in [0.05, 0.1) is 20.4 Å². The van der Waals surface area contributed by atoms with E-state index in [2.05, 4.69) is 9.97 Å². The Morgan fingerprint density at radius 2 is 2.00 bits per heavy atom. The van der Waals surface area contributed by atoms with Crippen LogP contribution in [0.3, 0.4) is 0 Å². The molecule has 0 aliphatic rings. The summed E-state index contributed by atoms with van der Waals surface area (Å²) in [6.07, 6.45) is 1.33. The Balaban J connectivity index is 2.44. The van der Waals surface area contributed by atoms with Gasteiger partial charge in [-0.3, -0.25) is 4.79 Å². The first-order chi connectivity index (χ1) is 9.56. The van der Waals surface area contributed by atoms with Crippen LogP contribution in [0.15, 0.2) is 24.4 Å². The van der Waals surface area contributed by atoms with Crippen molar-refractivity contribution in [3.63, 3.8) is 0 Å². The van der Waals surface area contributed by atoms with Gasteiger partial charge in [-0.15, -0.1) is 0 Å². The Bertz CT molecular complexity index is 659. The predicted octanol–water partition coefficient (Wildman–Crippen LogP) is 2.17. The molecule has 0 radical (unpaired) electrons. The largest absolute Gasteiger partial charge is 0.480 e. The Kier molecular flexibility index (Phi) is 3.93. The smallest absolute Gasteiger partial charge is 0.247 e. The van der Waals surface area contributed by atoms with Gasteiger partial charge in [-0.25, -0.2) is 9.37 Å². The van der Waals surface area contributed by atoms with Crippen molar-refractivity contribution in [2.24, 2.45) is 0 Å². The van der Waals surface area contributed by atoms with E-state index in [1.165, 1.54) is 38.6 Å². The zero-order valence-electron chi connectivity index (χ0n) is 11.3. The molecule has 5 nitrogen and oxygen atoms in total. The van der Waals surface area contributed by atoms with E-state index in [0.717, 1.165) is 0 Å². The lowest BCUT2D eigenvalue weighted by molar-refractivity contribution is 0.103. The van der Waals surface area contributed by atoms with Gasteiger partial charge >= 0.3 is 0 Å². The number of ether oxygens (including phenoxy) is 2. The normalized spacial score (nSPS) is 10.2. The minimum Gasteiger partial charge on any atom is -0.480 e. The number of benzene rings is 1. The van der Waals surface area contributed by atoms with Gasteiger partial charge in [0.25, 0.3) is 0 Å². The summed E-state index contributed by atoms with van der Waals surface area (Å²) in [5.74, 6) is -0.445. The van der Waals surface area contributed by atoms with Crippen molar-refractivity contribution < 1.29 is 18.7 Å². The van der Waals surface area contributed by atoms with Gasteiger partial charge in [0.2, 0.25) is 17.5 Å². The fraction of sp³-hybridized carbons (Fsp3) is 0.214. The zero-order valence-corrected chi connectivity index (χ0v) is 11.3. The van der Waals surface area contributed by atoms with Crippen molar-refractivity contribution in [2.75, 3.05) is 14.2 Å². The first kappa shape index (κ1) is 13.9. The van der Waals surface area contributed by atoms with Crippen molar-refractivity contribution in [2.45, 2.75) is 6.92 Å². The molecule has 2 aromatic rings. The average Bonchev–Trinajstić information content (AvgIpc) is 2.48. The molecule has 1 aromatic heterocycles. The number of hydrogen-bond donors (Lipinski definition) is 0. The summed E-state index contributed by atoms with van der Waals surface area (Å²) in [5.41, 5.74) is 0.761. The Morgan fingerprint density at radius 1 is 1.25 bits per heavy atom. The van der Waals surface area contributed by atoms with Crippen molar-refractivity contribution in [3.05, 3.63) is 47.0 Å². The maximum atomic E-state index is 13.2. The third-order valence-corrected chi connectivity index (χ3v) is 2.76. The lowest BCUT2D eigenvalue weighted by Gasteiger charge is -2.08. The molecule has 0 atom stereocenters. The maximum absolute atomic E-state index is 13.2. The van der Waals surface area contributed by atoms with E-state index in [-0.39, 0.29) is 29.1 Å². The quantitative estimate of drug-likeness (QED) is 0.801. The molecule has 0 unspecified atom stereocenters. The fourth-order valence-electron chi connectivity index (χ4n) is 1.68. The van der Waals surface area contributed by atoms with Crippen molar-refractivity contribution in [1.82, 2.24) is 9.97 Å². The third kappa shape index (κ3) is 2.59. The summed E-state index contributed by atoms with van der Waals surface area (Å²) in [6.45, 7) is 1.59. The molecule has 0 spiro atoms. The highest BCUT2D eigenvalue weighted by Crippen LogP contribution is 2.21. The molecule has 0 saturated heterocycles. The number of carbonyl (C=O) groups excluding carboxylic acids is 1. The molecular weight excluding hydrogens is 263 g/mol. The van der Waals surface area contributed by atoms with Gasteiger partial charge < -0.3 is 9.47 Å². The second-order valence-corrected chi connectivity index (χ2v) is 4.06. The number of methoxy groups -OCH3 is 2. The molecule has 1 heterocycles. The number of aromatic nitrogens is 2. The van der Waals surface area contributed by atoms with Crippen LogP contribution in [-0.4, -0.2) is 30.0 Å². The predicted molar refractivity (Wildman–Crippen MR) is 69.7 cm³/mol. The van der Waals surface area contributed by atoms with Crippen LogP contribution in [0.1, 0.15) is 21.6 Å². The standard InChI is InChI=1S/C14H13FN2O3/c1-8-6-9(4-5-10(8)15)13(18)12-14(20-3)17-11(19-2)7-16-12/h4-7H,1-3H3. The summed E-state index contributed by atoms with van der Waals surface area (Å²) in [4.78, 5) is 20.3. The molecule has 0 bridgehead atoms. The van der Waals surface area contributed by atoms with Gasteiger partial charge in [-0.1, -0.05) is 0 Å². The summed E-state index contributed by atoms with van der Waals surface area (Å²) in [6, 6.07) is 4.10. The van der Waals surface area contributed by atoms with E-state index in [0.29, 0.717) is 11.1 Å². The highest BCUT2D eigenvalue weighted by molar-refractivity contribution is 6.09. The second-order valence-electron chi connectivity index (χ2n) is 4.06. The molecule has 1 aromatic carbocycles. The summed E-state index contributed by atoms with van der Waals surface area (Å²) >= 11 is 0. The molecule has 0 N–H and O–H groups in total. The Labute approximate surface area is 115 Å². The average molecular weight is 276 g/mol. The molecule has 0 aliphatic heterocycles. The number of rotatable bonds is 4. The molecule has 0 fully saturated rings. The van der Waals surface area contributed by atoms with Crippen LogP contribution in [0.25, 0.3) is 0 Å². The highest BCUT2D eigenvalue weighted by Gasteiger charge is 2.19. The maximum Gasteiger partial charge on any atom is 0.247 e. The Hall–Kier alpha value is -2.50. The summed E-state index contributed by atoms with van der Waals surface area (Å²) in [5, 5.41) is 0. The van der Waals surface area contributed by atoms with Crippen molar-refractivity contribution in [3.8, 4) is 11.8 Å². The van der Waals surface area contributed by atoms with Crippen LogP contribution < -0.4 is 9.47 Å². The van der Waals surface area contributed by atoms with Crippen LogP contribution >= 0.6 is 0 Å². The first-order valence-corrected chi connectivity index (χ1v) is 5.82. The van der Waals surface area contributed by atoms with E-state index >= 15 is 0 Å². The number of carbonyl (C=O) groups is 1. The summed E-state index contributed by atoms with van der Waals surface area (Å²) < 4.78 is 23.2. The number of halogens is 1. The number of nitrogens with zero attached hydrogens (tertiary/aromatic N) is 2. The van der Waals surface area contributed by atoms with Crippen LogP contribution in [0, 0.1) is 12.7 Å². The molecule has 0 amide bonds. The lowest BCUT2D eigenvalue weighted by Crippen LogP contribution is -2.09. The fourth-order valence-corrected chi connectivity index (χ4v) is 1.68. The van der Waals surface area contributed by atoms with Crippen molar-refractivity contribution >= 4 is 5.78 Å². The van der Waals surface area contributed by atoms with Gasteiger partial charge in [0.1, 0.15) is 5.82 Å². The van der Waals surface area contributed by atoms with Crippen LogP contribution in [0.2, 0.25) is 0 Å². The van der Waals surface area contributed by atoms with E-state index in [9.17, 15) is 9.18 Å². The monoisotopic (exact) mass is 276 g/mol. The van der Waals surface area contributed by atoms with E-state index < -0.39 is 0 Å². The third-order valence-electron chi connectivity index (χ3n) is 2.76. The van der Waals surface area contributed by atoms with Crippen LogP contribution in [0.5, 0.6) is 11.8 Å². The van der Waals surface area contributed by atoms with Crippen LogP contribution in [0.4, 0.5) is 4.39 Å². The first-order valence-electron chi connectivity index (χ1n) is 5.82. The molecular formula is C14H13FN2O3. The second kappa shape index (κ2) is 5.64. The Morgan fingerprint density at radius 3 is 2.60 bits per heavy atom. The molecule has 20 heavy (non-hydrogen) atoms. The minimum atomic E-state index is -0.389. The molecule has 6 heteroatoms. The van der Waals surface area contributed by atoms with Crippen LogP contribution in [-0.2, 0) is 0 Å². The summed E-state index contributed by atoms with van der Waals surface area (Å²) in [7, 11) is 2.82. The topological polar surface area (TPSA) is 61.3 Å². The van der Waals surface area contributed by atoms with Gasteiger partial charge in [-0.2, -0.15) is 4.98 Å². The van der Waals surface area contributed by atoms with Gasteiger partial charge in [0.15, 0.2) is 5.69 Å². The molecule has 104 valence electrons. The lowest BCUT2D eigenvalue weighted by atomic mass is 10.1. The van der Waals surface area contributed by atoms with E-state index in [4.69, 9.17) is 9.47 Å². The van der Waals surface area contributed by atoms with Gasteiger partial charge in [-0.05, 0) is 30.7 Å². The van der Waals surface area contributed by atoms with E-state index in [1.807, 2.05) is 0 Å². The van der Waals surface area contributed by atoms with Gasteiger partial charge in [0, 0.05) is 5.56 Å². The minimum absolute atomic E-state index is 0.0549. The molecule has 2 rings (SSSR count). The van der Waals surface area contributed by atoms with Crippen molar-refractivity contribution in [1.29, 1.82) is 0 Å².